The molecule has 0 saturated heterocycles. The molecule has 0 saturated carbocycles. The van der Waals surface area contributed by atoms with Gasteiger partial charge in [-0.3, -0.25) is 4.79 Å². The van der Waals surface area contributed by atoms with Crippen LogP contribution in [-0.2, 0) is 29.6 Å². The third-order valence-corrected chi connectivity index (χ3v) is 5.75. The number of benzene rings is 1. The third-order valence-electron chi connectivity index (χ3n) is 4.72. The van der Waals surface area contributed by atoms with Crippen molar-refractivity contribution in [3.63, 3.8) is 0 Å². The molecule has 0 N–H and O–H groups in total. The highest BCUT2D eigenvalue weighted by atomic mass is 32.1. The summed E-state index contributed by atoms with van der Waals surface area (Å²) >= 11 is 1.82. The van der Waals surface area contributed by atoms with Gasteiger partial charge in [-0.1, -0.05) is 24.3 Å². The molecule has 0 spiro atoms. The molecule has 4 rings (SSSR count). The van der Waals surface area contributed by atoms with E-state index in [2.05, 4.69) is 36.6 Å². The number of carbonyl (C=O) groups is 1. The van der Waals surface area contributed by atoms with Gasteiger partial charge in [0.25, 0.3) is 0 Å². The smallest absolute Gasteiger partial charge is 0.233 e. The van der Waals surface area contributed by atoms with E-state index in [9.17, 15) is 4.79 Å². The highest BCUT2D eigenvalue weighted by Crippen LogP contribution is 2.42. The summed E-state index contributed by atoms with van der Waals surface area (Å²) in [5, 5.41) is 2.14. The van der Waals surface area contributed by atoms with Crippen LogP contribution in [0, 0.1) is 0 Å². The Morgan fingerprint density at radius 2 is 2.10 bits per heavy atom. The van der Waals surface area contributed by atoms with Gasteiger partial charge >= 0.3 is 0 Å². The van der Waals surface area contributed by atoms with Crippen LogP contribution in [0.1, 0.15) is 28.5 Å². The second-order valence-electron chi connectivity index (χ2n) is 6.01. The molecular formula is C17H17NOS. The number of rotatable bonds is 1. The number of hydrogen-bond acceptors (Lipinski definition) is 2. The van der Waals surface area contributed by atoms with Crippen LogP contribution in [0.4, 0.5) is 0 Å². The normalized spacial score (nSPS) is 23.8. The summed E-state index contributed by atoms with van der Waals surface area (Å²) in [4.78, 5) is 16.4. The Bertz CT molecular complexity index is 690. The summed E-state index contributed by atoms with van der Waals surface area (Å²) in [5.74, 6) is 0.299. The molecular weight excluding hydrogens is 266 g/mol. The number of thiophene rings is 1. The minimum Gasteiger partial charge on any atom is -0.337 e. The van der Waals surface area contributed by atoms with Crippen molar-refractivity contribution < 1.29 is 4.79 Å². The van der Waals surface area contributed by atoms with Crippen molar-refractivity contribution in [2.24, 2.45) is 0 Å². The van der Waals surface area contributed by atoms with Gasteiger partial charge < -0.3 is 4.90 Å². The highest BCUT2D eigenvalue weighted by Gasteiger charge is 2.46. The maximum absolute atomic E-state index is 12.9. The third kappa shape index (κ3) is 1.59. The molecule has 20 heavy (non-hydrogen) atoms. The second-order valence-corrected chi connectivity index (χ2v) is 7.01. The fourth-order valence-electron chi connectivity index (χ4n) is 3.54. The van der Waals surface area contributed by atoms with Crippen LogP contribution in [0.3, 0.4) is 0 Å². The van der Waals surface area contributed by atoms with Crippen LogP contribution in [0.25, 0.3) is 0 Å². The largest absolute Gasteiger partial charge is 0.337 e. The van der Waals surface area contributed by atoms with E-state index in [1.807, 2.05) is 22.3 Å². The molecule has 2 aliphatic rings. The van der Waals surface area contributed by atoms with E-state index in [1.54, 1.807) is 0 Å². The van der Waals surface area contributed by atoms with Crippen molar-refractivity contribution in [2.45, 2.75) is 31.7 Å². The lowest BCUT2D eigenvalue weighted by atomic mass is 9.64. The first kappa shape index (κ1) is 12.2. The van der Waals surface area contributed by atoms with Gasteiger partial charge in [0.05, 0.1) is 5.41 Å². The van der Waals surface area contributed by atoms with E-state index < -0.39 is 0 Å². The Kier molecular flexibility index (Phi) is 2.55. The Hall–Kier alpha value is -1.61. The monoisotopic (exact) mass is 283 g/mol. The summed E-state index contributed by atoms with van der Waals surface area (Å²) in [7, 11) is 0. The number of fused-ring (bicyclic) bond motifs is 2. The number of amides is 1. The summed E-state index contributed by atoms with van der Waals surface area (Å²) < 4.78 is 0. The SMILES string of the molecule is CC1(C(=O)N2CCc3sccc3C2)Cc2ccccc21. The first-order chi connectivity index (χ1) is 9.68. The van der Waals surface area contributed by atoms with Crippen LogP contribution in [0.5, 0.6) is 0 Å². The van der Waals surface area contributed by atoms with E-state index in [0.717, 1.165) is 25.9 Å². The number of nitrogens with zero attached hydrogens (tertiary/aromatic N) is 1. The predicted octanol–water partition coefficient (Wildman–Crippen LogP) is 3.15. The van der Waals surface area contributed by atoms with E-state index >= 15 is 0 Å². The molecule has 1 aromatic carbocycles. The molecule has 1 atom stereocenters. The molecule has 3 heteroatoms. The molecule has 0 radical (unpaired) electrons. The standard InChI is InChI=1S/C17H17NOS/c1-17(10-12-4-2-3-5-14(12)17)16(19)18-8-6-15-13(11-18)7-9-20-15/h2-5,7,9H,6,8,10-11H2,1H3. The summed E-state index contributed by atoms with van der Waals surface area (Å²) in [6.07, 6.45) is 1.89. The van der Waals surface area contributed by atoms with Gasteiger partial charge in [-0.15, -0.1) is 11.3 Å². The number of hydrogen-bond donors (Lipinski definition) is 0. The van der Waals surface area contributed by atoms with Gasteiger partial charge in [0.15, 0.2) is 0 Å². The topological polar surface area (TPSA) is 20.3 Å². The van der Waals surface area contributed by atoms with Crippen LogP contribution in [-0.4, -0.2) is 17.4 Å². The zero-order valence-corrected chi connectivity index (χ0v) is 12.4. The lowest BCUT2D eigenvalue weighted by Gasteiger charge is -2.43. The Morgan fingerprint density at radius 3 is 2.95 bits per heavy atom. The Morgan fingerprint density at radius 1 is 1.25 bits per heavy atom. The van der Waals surface area contributed by atoms with Crippen LogP contribution < -0.4 is 0 Å². The van der Waals surface area contributed by atoms with E-state index in [-0.39, 0.29) is 5.41 Å². The molecule has 1 aliphatic heterocycles. The molecule has 2 heterocycles. The van der Waals surface area contributed by atoms with Crippen molar-refractivity contribution in [3.05, 3.63) is 57.3 Å². The molecule has 1 aromatic heterocycles. The average Bonchev–Trinajstić information content (AvgIpc) is 2.92. The van der Waals surface area contributed by atoms with Crippen LogP contribution >= 0.6 is 11.3 Å². The fraction of sp³-hybridized carbons (Fsp3) is 0.353. The molecule has 1 amide bonds. The van der Waals surface area contributed by atoms with Gasteiger partial charge in [-0.05, 0) is 47.9 Å². The van der Waals surface area contributed by atoms with Crippen molar-refractivity contribution in [2.75, 3.05) is 6.54 Å². The maximum atomic E-state index is 12.9. The molecule has 1 aliphatic carbocycles. The fourth-order valence-corrected chi connectivity index (χ4v) is 4.43. The lowest BCUT2D eigenvalue weighted by Crippen LogP contribution is -2.52. The zero-order valence-electron chi connectivity index (χ0n) is 11.6. The number of carbonyl (C=O) groups excluding carboxylic acids is 1. The van der Waals surface area contributed by atoms with E-state index in [0.29, 0.717) is 5.91 Å². The minimum atomic E-state index is -0.301. The van der Waals surface area contributed by atoms with Crippen molar-refractivity contribution in [1.82, 2.24) is 4.90 Å². The lowest BCUT2D eigenvalue weighted by molar-refractivity contribution is -0.138. The second kappa shape index (κ2) is 4.19. The highest BCUT2D eigenvalue weighted by molar-refractivity contribution is 7.10. The van der Waals surface area contributed by atoms with Gasteiger partial charge in [0, 0.05) is 18.0 Å². The average molecular weight is 283 g/mol. The predicted molar refractivity (Wildman–Crippen MR) is 80.9 cm³/mol. The molecule has 2 aromatic rings. The molecule has 1 unspecified atom stereocenters. The summed E-state index contributed by atoms with van der Waals surface area (Å²) in [6.45, 7) is 3.75. The van der Waals surface area contributed by atoms with Crippen LogP contribution in [0.15, 0.2) is 35.7 Å². The zero-order chi connectivity index (χ0) is 13.7. The van der Waals surface area contributed by atoms with Gasteiger partial charge in [-0.2, -0.15) is 0 Å². The Labute approximate surface area is 123 Å². The molecule has 102 valence electrons. The van der Waals surface area contributed by atoms with Gasteiger partial charge in [0.2, 0.25) is 5.91 Å². The molecule has 0 bridgehead atoms. The first-order valence-corrected chi connectivity index (χ1v) is 7.99. The van der Waals surface area contributed by atoms with Crippen LogP contribution in [0.2, 0.25) is 0 Å². The van der Waals surface area contributed by atoms with Crippen molar-refractivity contribution in [1.29, 1.82) is 0 Å². The van der Waals surface area contributed by atoms with E-state index in [1.165, 1.54) is 21.6 Å². The van der Waals surface area contributed by atoms with Gasteiger partial charge in [0.1, 0.15) is 0 Å². The minimum absolute atomic E-state index is 0.299. The quantitative estimate of drug-likeness (QED) is 0.787. The van der Waals surface area contributed by atoms with Crippen molar-refractivity contribution >= 4 is 17.2 Å². The van der Waals surface area contributed by atoms with Crippen molar-refractivity contribution in [3.8, 4) is 0 Å². The Balaban J connectivity index is 1.61. The summed E-state index contributed by atoms with van der Waals surface area (Å²) in [6, 6.07) is 10.5. The maximum Gasteiger partial charge on any atom is 0.233 e. The van der Waals surface area contributed by atoms with E-state index in [4.69, 9.17) is 0 Å². The summed E-state index contributed by atoms with van der Waals surface area (Å²) in [5.41, 5.74) is 3.59. The molecule has 2 nitrogen and oxygen atoms in total. The van der Waals surface area contributed by atoms with Gasteiger partial charge in [-0.25, -0.2) is 0 Å². The first-order valence-electron chi connectivity index (χ1n) is 7.11. The molecule has 0 fully saturated rings.